The Morgan fingerprint density at radius 1 is 1.33 bits per heavy atom. The van der Waals surface area contributed by atoms with Gasteiger partial charge in [-0.05, 0) is 19.3 Å². The fourth-order valence-corrected chi connectivity index (χ4v) is 1.74. The van der Waals surface area contributed by atoms with Crippen molar-refractivity contribution in [3.63, 3.8) is 0 Å². The van der Waals surface area contributed by atoms with Crippen LogP contribution < -0.4 is 16.4 Å². The van der Waals surface area contributed by atoms with Gasteiger partial charge >= 0.3 is 12.0 Å². The Hall–Kier alpha value is -1.79. The van der Waals surface area contributed by atoms with Crippen molar-refractivity contribution in [1.29, 1.82) is 0 Å². The van der Waals surface area contributed by atoms with Gasteiger partial charge in [0, 0.05) is 6.04 Å². The first-order chi connectivity index (χ1) is 8.38. The molecule has 1 aliphatic carbocycles. The lowest BCUT2D eigenvalue weighted by Crippen LogP contribution is -2.49. The molecule has 18 heavy (non-hydrogen) atoms. The molecule has 0 aromatic carbocycles. The van der Waals surface area contributed by atoms with Gasteiger partial charge in [-0.15, -0.1) is 0 Å². The molecule has 0 spiro atoms. The highest BCUT2D eigenvalue weighted by Crippen LogP contribution is 2.33. The summed E-state index contributed by atoms with van der Waals surface area (Å²) in [5, 5.41) is 13.7. The standard InChI is InChI=1S/C11H19N3O4/c1-6(4-7-2-3-7)13-11(18)14-8(10(16)17)5-9(12)15/h6-8H,2-5H2,1H3,(H2,12,15)(H,16,17)(H2,13,14,18)/t6?,8-/m0/s1. The molecule has 1 aliphatic rings. The molecular weight excluding hydrogens is 238 g/mol. The van der Waals surface area contributed by atoms with Crippen LogP contribution in [0.1, 0.15) is 32.6 Å². The van der Waals surface area contributed by atoms with Gasteiger partial charge in [0.2, 0.25) is 5.91 Å². The highest BCUT2D eigenvalue weighted by molar-refractivity contribution is 5.87. The fraction of sp³-hybridized carbons (Fsp3) is 0.727. The van der Waals surface area contributed by atoms with Crippen LogP contribution in [0.5, 0.6) is 0 Å². The van der Waals surface area contributed by atoms with Gasteiger partial charge < -0.3 is 21.5 Å². The lowest BCUT2D eigenvalue weighted by molar-refractivity contribution is -0.140. The van der Waals surface area contributed by atoms with Crippen molar-refractivity contribution in [3.8, 4) is 0 Å². The Morgan fingerprint density at radius 3 is 2.39 bits per heavy atom. The van der Waals surface area contributed by atoms with E-state index in [1.165, 1.54) is 12.8 Å². The normalized spacial score (nSPS) is 17.6. The van der Waals surface area contributed by atoms with Crippen LogP contribution in [0.25, 0.3) is 0 Å². The quantitative estimate of drug-likeness (QED) is 0.504. The molecule has 102 valence electrons. The van der Waals surface area contributed by atoms with E-state index in [2.05, 4.69) is 10.6 Å². The summed E-state index contributed by atoms with van der Waals surface area (Å²) in [4.78, 5) is 33.0. The number of amides is 3. The van der Waals surface area contributed by atoms with E-state index < -0.39 is 30.4 Å². The van der Waals surface area contributed by atoms with Gasteiger partial charge in [0.25, 0.3) is 0 Å². The van der Waals surface area contributed by atoms with Crippen LogP contribution in [0.3, 0.4) is 0 Å². The lowest BCUT2D eigenvalue weighted by atomic mass is 10.1. The molecule has 7 nitrogen and oxygen atoms in total. The number of carboxylic acid groups (broad SMARTS) is 1. The van der Waals surface area contributed by atoms with Crippen molar-refractivity contribution < 1.29 is 19.5 Å². The summed E-state index contributed by atoms with van der Waals surface area (Å²) < 4.78 is 0. The van der Waals surface area contributed by atoms with E-state index in [1.807, 2.05) is 6.92 Å². The number of nitrogens with two attached hydrogens (primary N) is 1. The van der Waals surface area contributed by atoms with Crippen molar-refractivity contribution in [1.82, 2.24) is 10.6 Å². The molecule has 0 heterocycles. The van der Waals surface area contributed by atoms with Crippen molar-refractivity contribution in [2.45, 2.75) is 44.7 Å². The summed E-state index contributed by atoms with van der Waals surface area (Å²) in [6, 6.07) is -1.88. The summed E-state index contributed by atoms with van der Waals surface area (Å²) in [6.07, 6.45) is 2.85. The van der Waals surface area contributed by atoms with Crippen LogP contribution >= 0.6 is 0 Å². The van der Waals surface area contributed by atoms with Gasteiger partial charge in [-0.3, -0.25) is 4.79 Å². The molecule has 0 aromatic rings. The van der Waals surface area contributed by atoms with E-state index in [0.717, 1.165) is 6.42 Å². The summed E-state index contributed by atoms with van der Waals surface area (Å²) in [5.41, 5.74) is 4.91. The minimum atomic E-state index is -1.28. The van der Waals surface area contributed by atoms with Crippen LogP contribution in [-0.2, 0) is 9.59 Å². The average molecular weight is 257 g/mol. The maximum Gasteiger partial charge on any atom is 0.326 e. The van der Waals surface area contributed by atoms with Gasteiger partial charge in [0.15, 0.2) is 0 Å². The molecule has 7 heteroatoms. The molecule has 1 saturated carbocycles. The van der Waals surface area contributed by atoms with E-state index in [9.17, 15) is 14.4 Å². The minimum absolute atomic E-state index is 0.0134. The van der Waals surface area contributed by atoms with E-state index in [1.54, 1.807) is 0 Å². The molecule has 0 aromatic heterocycles. The molecule has 0 radical (unpaired) electrons. The zero-order valence-corrected chi connectivity index (χ0v) is 10.3. The number of hydrogen-bond acceptors (Lipinski definition) is 3. The predicted octanol–water partition coefficient (Wildman–Crippen LogP) is -0.197. The first-order valence-electron chi connectivity index (χ1n) is 5.96. The molecule has 1 unspecified atom stereocenters. The molecule has 0 bridgehead atoms. The van der Waals surface area contributed by atoms with Crippen LogP contribution in [0, 0.1) is 5.92 Å². The van der Waals surface area contributed by atoms with Crippen molar-refractivity contribution in [2.24, 2.45) is 11.7 Å². The maximum atomic E-state index is 11.5. The van der Waals surface area contributed by atoms with Crippen LogP contribution in [0.2, 0.25) is 0 Å². The smallest absolute Gasteiger partial charge is 0.326 e. The molecule has 1 rings (SSSR count). The number of hydrogen-bond donors (Lipinski definition) is 4. The number of primary amides is 1. The molecule has 2 atom stereocenters. The summed E-state index contributed by atoms with van der Waals surface area (Å²) in [6.45, 7) is 1.86. The number of aliphatic carboxylic acids is 1. The Balaban J connectivity index is 2.34. The van der Waals surface area contributed by atoms with E-state index >= 15 is 0 Å². The van der Waals surface area contributed by atoms with E-state index in [0.29, 0.717) is 5.92 Å². The van der Waals surface area contributed by atoms with Crippen LogP contribution in [-0.4, -0.2) is 35.1 Å². The third-order valence-electron chi connectivity index (χ3n) is 2.77. The third-order valence-corrected chi connectivity index (χ3v) is 2.77. The average Bonchev–Trinajstić information content (AvgIpc) is 2.99. The van der Waals surface area contributed by atoms with Gasteiger partial charge in [-0.2, -0.15) is 0 Å². The first kappa shape index (κ1) is 14.3. The second-order valence-electron chi connectivity index (χ2n) is 4.76. The molecular formula is C11H19N3O4. The third kappa shape index (κ3) is 5.51. The molecule has 3 amide bonds. The number of rotatable bonds is 7. The molecule has 1 fully saturated rings. The predicted molar refractivity (Wildman–Crippen MR) is 63.7 cm³/mol. The van der Waals surface area contributed by atoms with Crippen molar-refractivity contribution >= 4 is 17.9 Å². The first-order valence-corrected chi connectivity index (χ1v) is 5.96. The number of urea groups is 1. The molecule has 0 saturated heterocycles. The van der Waals surface area contributed by atoms with E-state index in [4.69, 9.17) is 10.8 Å². The Kier molecular flexibility index (Phi) is 4.94. The van der Waals surface area contributed by atoms with E-state index in [-0.39, 0.29) is 6.04 Å². The van der Waals surface area contributed by atoms with Crippen molar-refractivity contribution in [2.75, 3.05) is 0 Å². The lowest BCUT2D eigenvalue weighted by Gasteiger charge is -2.17. The topological polar surface area (TPSA) is 122 Å². The Labute approximate surface area is 105 Å². The zero-order valence-electron chi connectivity index (χ0n) is 10.3. The van der Waals surface area contributed by atoms with Gasteiger partial charge in [-0.25, -0.2) is 9.59 Å². The summed E-state index contributed by atoms with van der Waals surface area (Å²) in [5.74, 6) is -1.38. The summed E-state index contributed by atoms with van der Waals surface area (Å²) in [7, 11) is 0. The number of carbonyl (C=O) groups excluding carboxylic acids is 2. The van der Waals surface area contributed by atoms with Gasteiger partial charge in [-0.1, -0.05) is 12.8 Å². The minimum Gasteiger partial charge on any atom is -0.480 e. The maximum absolute atomic E-state index is 11.5. The Morgan fingerprint density at radius 2 is 1.94 bits per heavy atom. The summed E-state index contributed by atoms with van der Waals surface area (Å²) >= 11 is 0. The second-order valence-corrected chi connectivity index (χ2v) is 4.76. The highest BCUT2D eigenvalue weighted by Gasteiger charge is 2.26. The largest absolute Gasteiger partial charge is 0.480 e. The number of carboxylic acids is 1. The van der Waals surface area contributed by atoms with Gasteiger partial charge in [0.05, 0.1) is 6.42 Å². The highest BCUT2D eigenvalue weighted by atomic mass is 16.4. The van der Waals surface area contributed by atoms with Gasteiger partial charge in [0.1, 0.15) is 6.04 Å². The second kappa shape index (κ2) is 6.23. The molecule has 5 N–H and O–H groups in total. The Bertz CT molecular complexity index is 341. The fourth-order valence-electron chi connectivity index (χ4n) is 1.74. The molecule has 0 aliphatic heterocycles. The number of nitrogens with one attached hydrogen (secondary N) is 2. The zero-order chi connectivity index (χ0) is 13.7. The number of carbonyl (C=O) groups is 3. The monoisotopic (exact) mass is 257 g/mol. The van der Waals surface area contributed by atoms with Crippen LogP contribution in [0.4, 0.5) is 4.79 Å². The van der Waals surface area contributed by atoms with Crippen molar-refractivity contribution in [3.05, 3.63) is 0 Å². The SMILES string of the molecule is CC(CC1CC1)NC(=O)N[C@@H](CC(N)=O)C(=O)O. The van der Waals surface area contributed by atoms with Crippen LogP contribution in [0.15, 0.2) is 0 Å².